The summed E-state index contributed by atoms with van der Waals surface area (Å²) in [5.74, 6) is 0.643. The topological polar surface area (TPSA) is 44.8 Å². The van der Waals surface area contributed by atoms with Crippen LogP contribution in [0.5, 0.6) is 0 Å². The lowest BCUT2D eigenvalue weighted by atomic mass is 9.83. The van der Waals surface area contributed by atoms with Gasteiger partial charge in [0.1, 0.15) is 0 Å². The molecule has 0 amide bonds. The number of hydrogen-bond acceptors (Lipinski definition) is 4. The van der Waals surface area contributed by atoms with Gasteiger partial charge in [0.2, 0.25) is 6.29 Å². The summed E-state index contributed by atoms with van der Waals surface area (Å²) < 4.78 is 17.4. The van der Waals surface area contributed by atoms with Crippen molar-refractivity contribution < 1.29 is 18.5 Å². The van der Waals surface area contributed by atoms with E-state index in [1.807, 2.05) is 6.08 Å². The van der Waals surface area contributed by atoms with Gasteiger partial charge in [-0.3, -0.25) is 4.18 Å². The predicted molar refractivity (Wildman–Crippen MR) is 99.7 cm³/mol. The molecule has 0 N–H and O–H groups in total. The Balaban J connectivity index is 2.34. The minimum Gasteiger partial charge on any atom is -0.470 e. The molecule has 24 heavy (non-hydrogen) atoms. The number of hydrogen-bond donors (Lipinski definition) is 0. The molecule has 0 saturated heterocycles. The molecule has 1 heterocycles. The fourth-order valence-corrected chi connectivity index (χ4v) is 5.11. The van der Waals surface area contributed by atoms with Gasteiger partial charge in [-0.05, 0) is 24.0 Å². The Kier molecular flexibility index (Phi) is 5.55. The lowest BCUT2D eigenvalue weighted by Crippen LogP contribution is -2.40. The molecule has 0 radical (unpaired) electrons. The SMILES string of the molecule is C=CC1=CCC2C(C(=O)OC)=COC(OS(C)(CC)C(C)(C)C)C12. The van der Waals surface area contributed by atoms with E-state index in [4.69, 9.17) is 13.7 Å². The van der Waals surface area contributed by atoms with Crippen LogP contribution in [0.25, 0.3) is 0 Å². The first-order valence-corrected chi connectivity index (χ1v) is 10.5. The summed E-state index contributed by atoms with van der Waals surface area (Å²) in [7, 11) is 0.0600. The molecule has 0 spiro atoms. The third-order valence-corrected chi connectivity index (χ3v) is 9.56. The fraction of sp³-hybridized carbons (Fsp3) is 0.632. The molecule has 2 rings (SSSR count). The highest BCUT2D eigenvalue weighted by atomic mass is 32.3. The molecule has 0 fully saturated rings. The molecule has 0 bridgehead atoms. The molecule has 2 aliphatic rings. The zero-order valence-electron chi connectivity index (χ0n) is 15.6. The van der Waals surface area contributed by atoms with Gasteiger partial charge in [0.25, 0.3) is 0 Å². The number of carbonyl (C=O) groups excluding carboxylic acids is 1. The molecule has 136 valence electrons. The van der Waals surface area contributed by atoms with Crippen molar-refractivity contribution in [3.05, 3.63) is 36.1 Å². The maximum Gasteiger partial charge on any atom is 0.337 e. The van der Waals surface area contributed by atoms with Crippen molar-refractivity contribution in [2.75, 3.05) is 19.1 Å². The van der Waals surface area contributed by atoms with Gasteiger partial charge in [-0.25, -0.2) is 4.79 Å². The summed E-state index contributed by atoms with van der Waals surface area (Å²) >= 11 is 0. The maximum absolute atomic E-state index is 12.1. The van der Waals surface area contributed by atoms with Crippen LogP contribution in [0.2, 0.25) is 0 Å². The van der Waals surface area contributed by atoms with Gasteiger partial charge in [0.05, 0.1) is 24.9 Å². The summed E-state index contributed by atoms with van der Waals surface area (Å²) in [6.45, 7) is 12.7. The summed E-state index contributed by atoms with van der Waals surface area (Å²) in [4.78, 5) is 12.1. The van der Waals surface area contributed by atoms with Gasteiger partial charge >= 0.3 is 5.97 Å². The standard InChI is InChI=1S/C19H30O4S/c1-8-13-10-11-14-15(17(20)21-6)12-22-18(16(13)14)23-24(7,9-2)19(3,4)5/h8,10,12,14,16,18H,1,9,11H2,2-7H3. The molecule has 4 nitrogen and oxygen atoms in total. The molecule has 5 heteroatoms. The van der Waals surface area contributed by atoms with E-state index in [-0.39, 0.29) is 22.6 Å². The highest BCUT2D eigenvalue weighted by Gasteiger charge is 2.47. The van der Waals surface area contributed by atoms with Crippen molar-refractivity contribution in [3.63, 3.8) is 0 Å². The number of ether oxygens (including phenoxy) is 2. The smallest absolute Gasteiger partial charge is 0.337 e. The monoisotopic (exact) mass is 354 g/mol. The second-order valence-corrected chi connectivity index (χ2v) is 11.4. The van der Waals surface area contributed by atoms with Crippen molar-refractivity contribution in [2.45, 2.75) is 45.2 Å². The number of methoxy groups -OCH3 is 1. The van der Waals surface area contributed by atoms with Crippen LogP contribution in [-0.2, 0) is 18.5 Å². The van der Waals surface area contributed by atoms with Crippen LogP contribution >= 0.6 is 10.3 Å². The van der Waals surface area contributed by atoms with Crippen molar-refractivity contribution >= 4 is 16.3 Å². The third kappa shape index (κ3) is 3.29. The minimum atomic E-state index is -1.34. The van der Waals surface area contributed by atoms with Crippen molar-refractivity contribution in [1.82, 2.24) is 0 Å². The van der Waals surface area contributed by atoms with Gasteiger partial charge in [0, 0.05) is 10.7 Å². The number of rotatable bonds is 5. The van der Waals surface area contributed by atoms with Gasteiger partial charge in [-0.2, -0.15) is 0 Å². The molecular weight excluding hydrogens is 324 g/mol. The van der Waals surface area contributed by atoms with E-state index in [0.717, 1.165) is 17.7 Å². The number of carbonyl (C=O) groups is 1. The van der Waals surface area contributed by atoms with Crippen molar-refractivity contribution in [3.8, 4) is 0 Å². The van der Waals surface area contributed by atoms with E-state index in [0.29, 0.717) is 5.57 Å². The lowest BCUT2D eigenvalue weighted by Gasteiger charge is -2.49. The van der Waals surface area contributed by atoms with E-state index in [1.54, 1.807) is 0 Å². The van der Waals surface area contributed by atoms with Crippen molar-refractivity contribution in [2.24, 2.45) is 11.8 Å². The average Bonchev–Trinajstić information content (AvgIpc) is 2.97. The summed E-state index contributed by atoms with van der Waals surface area (Å²) in [6, 6.07) is 0. The van der Waals surface area contributed by atoms with Crippen LogP contribution in [0, 0.1) is 11.8 Å². The second-order valence-electron chi connectivity index (χ2n) is 7.35. The quantitative estimate of drug-likeness (QED) is 0.689. The summed E-state index contributed by atoms with van der Waals surface area (Å²) in [5.41, 5.74) is 1.67. The Morgan fingerprint density at radius 1 is 1.50 bits per heavy atom. The van der Waals surface area contributed by atoms with Crippen molar-refractivity contribution in [1.29, 1.82) is 0 Å². The largest absolute Gasteiger partial charge is 0.470 e. The lowest BCUT2D eigenvalue weighted by molar-refractivity contribution is -0.139. The van der Waals surface area contributed by atoms with E-state index in [9.17, 15) is 4.79 Å². The molecule has 1 aliphatic heterocycles. The van der Waals surface area contributed by atoms with Gasteiger partial charge in [0.15, 0.2) is 0 Å². The molecule has 0 aromatic carbocycles. The summed E-state index contributed by atoms with van der Waals surface area (Å²) in [6.07, 6.45) is 8.10. The normalized spacial score (nSPS) is 30.2. The Labute approximate surface area is 147 Å². The van der Waals surface area contributed by atoms with Crippen LogP contribution in [0.3, 0.4) is 0 Å². The van der Waals surface area contributed by atoms with Crippen LogP contribution in [0.15, 0.2) is 36.1 Å². The number of fused-ring (bicyclic) bond motifs is 1. The molecule has 0 saturated carbocycles. The maximum atomic E-state index is 12.1. The molecule has 1 aliphatic carbocycles. The van der Waals surface area contributed by atoms with Gasteiger partial charge in [-0.1, -0.05) is 46.4 Å². The molecular formula is C19H30O4S. The van der Waals surface area contributed by atoms with E-state index in [2.05, 4.69) is 46.6 Å². The Bertz CT molecular complexity index is 572. The first-order valence-electron chi connectivity index (χ1n) is 8.38. The zero-order chi connectivity index (χ0) is 18.1. The summed E-state index contributed by atoms with van der Waals surface area (Å²) in [5, 5.41) is 0. The van der Waals surface area contributed by atoms with Crippen LogP contribution in [0.4, 0.5) is 0 Å². The van der Waals surface area contributed by atoms with E-state index >= 15 is 0 Å². The third-order valence-electron chi connectivity index (χ3n) is 5.26. The van der Waals surface area contributed by atoms with Crippen LogP contribution in [-0.4, -0.2) is 36.1 Å². The number of esters is 1. The van der Waals surface area contributed by atoms with E-state index < -0.39 is 16.6 Å². The number of allylic oxidation sites excluding steroid dienone is 2. The Morgan fingerprint density at radius 3 is 2.67 bits per heavy atom. The molecule has 0 aromatic rings. The Hall–Kier alpha value is -1.20. The molecule has 4 unspecified atom stereocenters. The van der Waals surface area contributed by atoms with Gasteiger partial charge < -0.3 is 9.47 Å². The predicted octanol–water partition coefficient (Wildman–Crippen LogP) is 4.33. The molecule has 0 aromatic heterocycles. The first kappa shape index (κ1) is 19.1. The van der Waals surface area contributed by atoms with Crippen LogP contribution < -0.4 is 0 Å². The van der Waals surface area contributed by atoms with Crippen LogP contribution in [0.1, 0.15) is 34.1 Å². The van der Waals surface area contributed by atoms with Gasteiger partial charge in [-0.15, -0.1) is 10.3 Å². The average molecular weight is 355 g/mol. The molecule has 4 atom stereocenters. The Morgan fingerprint density at radius 2 is 2.17 bits per heavy atom. The fourth-order valence-electron chi connectivity index (χ4n) is 3.23. The highest BCUT2D eigenvalue weighted by Crippen LogP contribution is 2.59. The first-order chi connectivity index (χ1) is 11.2. The minimum absolute atomic E-state index is 0.0117. The second kappa shape index (κ2) is 6.96. The highest BCUT2D eigenvalue weighted by molar-refractivity contribution is 8.30. The van der Waals surface area contributed by atoms with E-state index in [1.165, 1.54) is 13.4 Å². The zero-order valence-corrected chi connectivity index (χ0v) is 16.4.